The summed E-state index contributed by atoms with van der Waals surface area (Å²) in [7, 11) is 0. The zero-order valence-corrected chi connectivity index (χ0v) is 43.3. The molecule has 4 aromatic rings. The molecular weight excluding hydrogens is 919 g/mol. The van der Waals surface area contributed by atoms with Crippen molar-refractivity contribution in [3.8, 4) is 11.3 Å². The lowest BCUT2D eigenvalue weighted by Crippen LogP contribution is -2.59. The Balaban J connectivity index is 0.706. The SMILES string of the molecule is Cc1cc(N2CCC(C(=O)N3CCC(C)(C(=O)N4CCC5(CC4)C(=O)N(C4CC(N6CCCCC6)C4)c4cc(-c6cc7ncn(C(C)C)c7c(NC7CC7)n6)ccc45)CC3)CC2)ncc1[C@H]1CCC(=O)NC1=O. The molecule has 9 heterocycles. The van der Waals surface area contributed by atoms with Crippen LogP contribution in [-0.2, 0) is 29.4 Å². The molecule has 2 aliphatic carbocycles. The number of benzene rings is 1. The number of pyridine rings is 2. The van der Waals surface area contributed by atoms with Gasteiger partial charge in [-0.2, -0.15) is 0 Å². The number of nitrogens with one attached hydrogen (secondary N) is 2. The fourth-order valence-corrected chi connectivity index (χ4v) is 13.7. The molecule has 7 fully saturated rings. The maximum absolute atomic E-state index is 15.3. The Bertz CT molecular complexity index is 2840. The minimum Gasteiger partial charge on any atom is -0.366 e. The molecule has 16 heteroatoms. The van der Waals surface area contributed by atoms with Gasteiger partial charge in [0.15, 0.2) is 5.82 Å². The number of anilines is 3. The summed E-state index contributed by atoms with van der Waals surface area (Å²) in [5.74, 6) is 1.30. The number of carbonyl (C=O) groups is 5. The van der Waals surface area contributed by atoms with Crippen LogP contribution in [0.25, 0.3) is 22.3 Å². The van der Waals surface area contributed by atoms with Crippen LogP contribution in [0.5, 0.6) is 0 Å². The smallest absolute Gasteiger partial charge is 0.238 e. The molecule has 386 valence electrons. The van der Waals surface area contributed by atoms with Crippen molar-refractivity contribution < 1.29 is 24.0 Å². The number of amides is 5. The van der Waals surface area contributed by atoms with Crippen LogP contribution >= 0.6 is 0 Å². The van der Waals surface area contributed by atoms with Crippen molar-refractivity contribution in [1.29, 1.82) is 0 Å². The summed E-state index contributed by atoms with van der Waals surface area (Å²) in [6.45, 7) is 14.3. The van der Waals surface area contributed by atoms with Gasteiger partial charge in [-0.3, -0.25) is 29.3 Å². The number of nitrogens with zero attached hydrogens (tertiary/aromatic N) is 9. The van der Waals surface area contributed by atoms with E-state index >= 15 is 4.79 Å². The molecule has 1 spiro atoms. The Kier molecular flexibility index (Phi) is 12.4. The van der Waals surface area contributed by atoms with Crippen molar-refractivity contribution in [2.24, 2.45) is 11.3 Å². The first kappa shape index (κ1) is 48.1. The highest BCUT2D eigenvalue weighted by Crippen LogP contribution is 2.53. The molecule has 73 heavy (non-hydrogen) atoms. The van der Waals surface area contributed by atoms with Gasteiger partial charge in [-0.1, -0.05) is 25.5 Å². The Hall–Kier alpha value is -5.90. The van der Waals surface area contributed by atoms with Gasteiger partial charge in [-0.25, -0.2) is 15.0 Å². The third-order valence-electron chi connectivity index (χ3n) is 18.6. The highest BCUT2D eigenvalue weighted by atomic mass is 16.2. The highest BCUT2D eigenvalue weighted by molar-refractivity contribution is 6.09. The molecule has 12 rings (SSSR count). The molecular formula is C57H73N11O5. The minimum absolute atomic E-state index is 0.0761. The zero-order valence-electron chi connectivity index (χ0n) is 43.3. The molecule has 1 aromatic carbocycles. The van der Waals surface area contributed by atoms with Gasteiger partial charge in [0.1, 0.15) is 11.3 Å². The van der Waals surface area contributed by atoms with Crippen LogP contribution in [-0.4, -0.2) is 134 Å². The predicted octanol–water partition coefficient (Wildman–Crippen LogP) is 7.25. The number of piperidine rings is 5. The molecule has 8 aliphatic rings. The second-order valence-electron chi connectivity index (χ2n) is 23.6. The molecule has 5 amide bonds. The van der Waals surface area contributed by atoms with Crippen LogP contribution in [0.4, 0.5) is 17.3 Å². The Morgan fingerprint density at radius 3 is 2.22 bits per heavy atom. The fourth-order valence-electron chi connectivity index (χ4n) is 13.7. The fraction of sp³-hybridized carbons (Fsp3) is 0.614. The van der Waals surface area contributed by atoms with Gasteiger partial charge in [0, 0.05) is 98.6 Å². The summed E-state index contributed by atoms with van der Waals surface area (Å²) < 4.78 is 2.20. The number of imidazole rings is 1. The van der Waals surface area contributed by atoms with Crippen LogP contribution < -0.4 is 20.4 Å². The lowest BCUT2D eigenvalue weighted by Gasteiger charge is -2.48. The average Bonchev–Trinajstić information content (AvgIpc) is 4.05. The van der Waals surface area contributed by atoms with Gasteiger partial charge in [0.25, 0.3) is 0 Å². The van der Waals surface area contributed by atoms with Crippen molar-refractivity contribution in [3.63, 3.8) is 0 Å². The molecule has 1 atom stereocenters. The summed E-state index contributed by atoms with van der Waals surface area (Å²) in [4.78, 5) is 94.1. The summed E-state index contributed by atoms with van der Waals surface area (Å²) >= 11 is 0. The van der Waals surface area contributed by atoms with E-state index in [9.17, 15) is 19.2 Å². The number of fused-ring (bicyclic) bond motifs is 3. The largest absolute Gasteiger partial charge is 0.366 e. The molecule has 0 radical (unpaired) electrons. The van der Waals surface area contributed by atoms with Gasteiger partial charge >= 0.3 is 0 Å². The summed E-state index contributed by atoms with van der Waals surface area (Å²) in [6, 6.07) is 12.0. The van der Waals surface area contributed by atoms with Crippen molar-refractivity contribution in [3.05, 3.63) is 59.5 Å². The lowest BCUT2D eigenvalue weighted by atomic mass is 9.72. The molecule has 2 N–H and O–H groups in total. The first-order valence-electron chi connectivity index (χ1n) is 27.8. The van der Waals surface area contributed by atoms with Crippen molar-refractivity contribution in [1.82, 2.24) is 39.5 Å². The number of rotatable bonds is 10. The second kappa shape index (κ2) is 18.8. The van der Waals surface area contributed by atoms with Crippen LogP contribution in [0.2, 0.25) is 0 Å². The topological polar surface area (TPSA) is 169 Å². The van der Waals surface area contributed by atoms with Gasteiger partial charge in [0.05, 0.1) is 28.9 Å². The monoisotopic (exact) mass is 992 g/mol. The number of hydrogen-bond donors (Lipinski definition) is 2. The maximum Gasteiger partial charge on any atom is 0.238 e. The molecule has 16 nitrogen and oxygen atoms in total. The number of hydrogen-bond acceptors (Lipinski definition) is 11. The van der Waals surface area contributed by atoms with E-state index in [0.717, 1.165) is 108 Å². The van der Waals surface area contributed by atoms with Crippen LogP contribution in [0.15, 0.2) is 42.9 Å². The maximum atomic E-state index is 15.3. The van der Waals surface area contributed by atoms with E-state index in [-0.39, 0.29) is 53.5 Å². The molecule has 5 saturated heterocycles. The van der Waals surface area contributed by atoms with Crippen molar-refractivity contribution >= 4 is 57.9 Å². The Morgan fingerprint density at radius 1 is 0.808 bits per heavy atom. The molecule has 2 saturated carbocycles. The van der Waals surface area contributed by atoms with Crippen molar-refractivity contribution in [2.45, 2.75) is 160 Å². The molecule has 0 bridgehead atoms. The third kappa shape index (κ3) is 8.66. The van der Waals surface area contributed by atoms with E-state index in [1.54, 1.807) is 6.20 Å². The van der Waals surface area contributed by atoms with Crippen molar-refractivity contribution in [2.75, 3.05) is 67.5 Å². The highest BCUT2D eigenvalue weighted by Gasteiger charge is 2.56. The van der Waals surface area contributed by atoms with E-state index in [4.69, 9.17) is 15.0 Å². The van der Waals surface area contributed by atoms with Gasteiger partial charge in [-0.05, 0) is 152 Å². The standard InChI is InChI=1S/C57H73N11O5/c1-35(2)67-34-59-46-32-45(61-51(50(46)67)60-39-9-10-39)38-8-12-44-47(29-38)68(41-30-40(31-41)63-20-6-5-7-21-63)55(73)57(44)18-26-66(27-19-57)54(72)56(4)16-24-65(25-17-56)53(71)37-14-22-64(23-15-37)48-28-36(3)43(33-58-48)42-11-13-49(69)62-52(42)70/h8,12,28-29,32-35,37,39-42H,5-7,9-11,13-27,30-31H2,1-4H3,(H,60,61)(H,62,69,70)/t40?,41?,42-/m1/s1. The first-order chi connectivity index (χ1) is 35.3. The van der Waals surface area contributed by atoms with E-state index in [2.05, 4.69) is 74.9 Å². The first-order valence-corrected chi connectivity index (χ1v) is 27.8. The molecule has 3 aromatic heterocycles. The van der Waals surface area contributed by atoms with Crippen LogP contribution in [0.1, 0.15) is 146 Å². The van der Waals surface area contributed by atoms with Crippen LogP contribution in [0.3, 0.4) is 0 Å². The summed E-state index contributed by atoms with van der Waals surface area (Å²) in [6.07, 6.45) is 16.5. The number of likely N-dealkylation sites (tertiary alicyclic amines) is 3. The Labute approximate surface area is 429 Å². The molecule has 6 aliphatic heterocycles. The van der Waals surface area contributed by atoms with E-state index in [1.165, 1.54) is 19.3 Å². The Morgan fingerprint density at radius 2 is 1.53 bits per heavy atom. The normalized spacial score (nSPS) is 25.6. The quantitative estimate of drug-likeness (QED) is 0.154. The van der Waals surface area contributed by atoms with E-state index < -0.39 is 10.8 Å². The number of aryl methyl sites for hydroxylation is 1. The average molecular weight is 992 g/mol. The number of imide groups is 1. The minimum atomic E-state index is -0.687. The number of aromatic nitrogens is 4. The zero-order chi connectivity index (χ0) is 50.3. The predicted molar refractivity (Wildman–Crippen MR) is 280 cm³/mol. The van der Waals surface area contributed by atoms with Gasteiger partial charge < -0.3 is 34.4 Å². The van der Waals surface area contributed by atoms with Gasteiger partial charge in [0.2, 0.25) is 29.5 Å². The second-order valence-corrected chi connectivity index (χ2v) is 23.6. The third-order valence-corrected chi connectivity index (χ3v) is 18.6. The molecule has 0 unspecified atom stereocenters. The van der Waals surface area contributed by atoms with Gasteiger partial charge in [-0.15, -0.1) is 0 Å². The summed E-state index contributed by atoms with van der Waals surface area (Å²) in [5, 5.41) is 6.16. The van der Waals surface area contributed by atoms with E-state index in [0.29, 0.717) is 89.9 Å². The lowest BCUT2D eigenvalue weighted by molar-refractivity contribution is -0.150. The number of carbonyl (C=O) groups excluding carboxylic acids is 5. The van der Waals surface area contributed by atoms with Crippen LogP contribution in [0, 0.1) is 18.3 Å². The van der Waals surface area contributed by atoms with E-state index in [1.807, 2.05) is 29.1 Å². The summed E-state index contributed by atoms with van der Waals surface area (Å²) in [5.41, 5.74) is 6.46.